The Morgan fingerprint density at radius 1 is 0.964 bits per heavy atom. The molecule has 8 nitrogen and oxygen atoms in total. The van der Waals surface area contributed by atoms with Crippen LogP contribution in [-0.4, -0.2) is 73.5 Å². The minimum Gasteiger partial charge on any atom is -0.486 e. The Morgan fingerprint density at radius 2 is 1.75 bits per heavy atom. The molecule has 3 aliphatic rings. The lowest BCUT2D eigenvalue weighted by atomic mass is 10.1. The molecule has 1 aromatic heterocycles. The molecular weight excluding hydrogens is 362 g/mol. The molecule has 0 unspecified atom stereocenters. The van der Waals surface area contributed by atoms with Crippen LogP contribution in [0.5, 0.6) is 17.4 Å². The number of rotatable bonds is 4. The minimum absolute atomic E-state index is 0.334. The minimum atomic E-state index is -0.334. The summed E-state index contributed by atoms with van der Waals surface area (Å²) in [7, 11) is 0. The number of nitrogens with zero attached hydrogens (tertiary/aromatic N) is 3. The molecule has 4 heterocycles. The van der Waals surface area contributed by atoms with Crippen LogP contribution in [0.2, 0.25) is 0 Å². The number of carbonyl (C=O) groups excluding carboxylic acids is 1. The topological polar surface area (TPSA) is 73.4 Å². The van der Waals surface area contributed by atoms with Crippen molar-refractivity contribution in [3.8, 4) is 17.4 Å². The molecular formula is C20H23N3O5. The van der Waals surface area contributed by atoms with Gasteiger partial charge in [-0.15, -0.1) is 0 Å². The van der Waals surface area contributed by atoms with Gasteiger partial charge in [0.25, 0.3) is 0 Å². The van der Waals surface area contributed by atoms with Crippen LogP contribution in [0.4, 0.5) is 4.79 Å². The molecule has 2 aromatic rings. The highest BCUT2D eigenvalue weighted by Gasteiger charge is 2.27. The zero-order valence-corrected chi connectivity index (χ0v) is 15.7. The Morgan fingerprint density at radius 3 is 2.57 bits per heavy atom. The van der Waals surface area contributed by atoms with Crippen molar-refractivity contribution in [2.24, 2.45) is 0 Å². The number of morpholine rings is 1. The highest BCUT2D eigenvalue weighted by atomic mass is 16.6. The number of benzene rings is 1. The summed E-state index contributed by atoms with van der Waals surface area (Å²) in [6.07, 6.45) is 0.572. The van der Waals surface area contributed by atoms with Gasteiger partial charge in [-0.3, -0.25) is 4.90 Å². The second-order valence-electron chi connectivity index (χ2n) is 7.24. The number of hydrogen-bond acceptors (Lipinski definition) is 7. The average Bonchev–Trinajstić information content (AvgIpc) is 2.72. The first-order chi connectivity index (χ1) is 13.8. The van der Waals surface area contributed by atoms with Gasteiger partial charge in [-0.25, -0.2) is 9.78 Å². The van der Waals surface area contributed by atoms with Gasteiger partial charge in [-0.2, -0.15) is 0 Å². The van der Waals surface area contributed by atoms with Crippen LogP contribution in [0.1, 0.15) is 12.0 Å². The fourth-order valence-corrected chi connectivity index (χ4v) is 3.84. The van der Waals surface area contributed by atoms with Crippen LogP contribution in [0.3, 0.4) is 0 Å². The van der Waals surface area contributed by atoms with E-state index < -0.39 is 0 Å². The van der Waals surface area contributed by atoms with Crippen molar-refractivity contribution >= 4 is 17.0 Å². The van der Waals surface area contributed by atoms with Gasteiger partial charge >= 0.3 is 6.09 Å². The van der Waals surface area contributed by atoms with Crippen LogP contribution in [0.15, 0.2) is 18.2 Å². The maximum Gasteiger partial charge on any atom is 0.416 e. The van der Waals surface area contributed by atoms with Crippen LogP contribution < -0.4 is 14.2 Å². The lowest BCUT2D eigenvalue weighted by Gasteiger charge is -2.30. The van der Waals surface area contributed by atoms with E-state index in [-0.39, 0.29) is 6.09 Å². The first-order valence-electron chi connectivity index (χ1n) is 9.76. The third-order valence-electron chi connectivity index (χ3n) is 5.33. The van der Waals surface area contributed by atoms with E-state index in [0.717, 1.165) is 61.5 Å². The molecule has 1 saturated heterocycles. The van der Waals surface area contributed by atoms with Crippen LogP contribution in [-0.2, 0) is 11.3 Å². The first kappa shape index (κ1) is 17.5. The van der Waals surface area contributed by atoms with Crippen molar-refractivity contribution in [1.82, 2.24) is 14.8 Å². The van der Waals surface area contributed by atoms with E-state index in [1.54, 1.807) is 4.90 Å². The molecule has 0 radical (unpaired) electrons. The monoisotopic (exact) mass is 385 g/mol. The number of pyridine rings is 1. The number of aromatic nitrogens is 1. The highest BCUT2D eigenvalue weighted by molar-refractivity contribution is 5.85. The Balaban J connectivity index is 1.30. The largest absolute Gasteiger partial charge is 0.486 e. The molecule has 1 aromatic carbocycles. The van der Waals surface area contributed by atoms with Crippen LogP contribution in [0.25, 0.3) is 10.9 Å². The van der Waals surface area contributed by atoms with Gasteiger partial charge in [0, 0.05) is 43.2 Å². The summed E-state index contributed by atoms with van der Waals surface area (Å²) in [5, 5.41) is 0.953. The van der Waals surface area contributed by atoms with Crippen molar-refractivity contribution in [2.45, 2.75) is 13.0 Å². The maximum absolute atomic E-state index is 12.4. The molecule has 0 spiro atoms. The third-order valence-corrected chi connectivity index (χ3v) is 5.33. The Bertz CT molecular complexity index is 897. The molecule has 0 bridgehead atoms. The molecule has 1 amide bonds. The lowest BCUT2D eigenvalue weighted by Crippen LogP contribution is -2.41. The van der Waals surface area contributed by atoms with Crippen molar-refractivity contribution in [1.29, 1.82) is 0 Å². The molecule has 0 N–H and O–H groups in total. The van der Waals surface area contributed by atoms with E-state index in [1.807, 2.05) is 18.2 Å². The lowest BCUT2D eigenvalue weighted by molar-refractivity contribution is 0.0359. The SMILES string of the molecule is O=C1Oc2nc3cc4c(cc3cc2CN1CCCN1CCOCC1)OCCO4. The number of carbonyl (C=O) groups is 1. The summed E-state index contributed by atoms with van der Waals surface area (Å²) >= 11 is 0. The number of amides is 1. The molecule has 0 saturated carbocycles. The average molecular weight is 385 g/mol. The first-order valence-corrected chi connectivity index (χ1v) is 9.76. The summed E-state index contributed by atoms with van der Waals surface area (Å²) in [5.74, 6) is 1.80. The van der Waals surface area contributed by atoms with Gasteiger partial charge in [0.15, 0.2) is 11.5 Å². The van der Waals surface area contributed by atoms with E-state index in [2.05, 4.69) is 9.88 Å². The summed E-state index contributed by atoms with van der Waals surface area (Å²) in [6, 6.07) is 5.81. The van der Waals surface area contributed by atoms with E-state index >= 15 is 0 Å². The molecule has 8 heteroatoms. The zero-order chi connectivity index (χ0) is 18.9. The maximum atomic E-state index is 12.4. The molecule has 28 heavy (non-hydrogen) atoms. The van der Waals surface area contributed by atoms with E-state index in [9.17, 15) is 4.79 Å². The number of fused-ring (bicyclic) bond motifs is 3. The van der Waals surface area contributed by atoms with Gasteiger partial charge in [0.05, 0.1) is 25.3 Å². The van der Waals surface area contributed by atoms with Gasteiger partial charge in [0.1, 0.15) is 13.2 Å². The fourth-order valence-electron chi connectivity index (χ4n) is 3.84. The normalized spacial score (nSPS) is 19.4. The molecule has 0 aliphatic carbocycles. The Hall–Kier alpha value is -2.58. The highest BCUT2D eigenvalue weighted by Crippen LogP contribution is 2.36. The second-order valence-corrected chi connectivity index (χ2v) is 7.24. The Labute approximate surface area is 162 Å². The standard InChI is InChI=1S/C20H23N3O5/c24-20-23(3-1-2-22-4-6-25-7-5-22)13-15-10-14-11-17-18(27-9-8-26-17)12-16(14)21-19(15)28-20/h10-12H,1-9,13H2. The molecule has 5 rings (SSSR count). The smallest absolute Gasteiger partial charge is 0.416 e. The summed E-state index contributed by atoms with van der Waals surface area (Å²) in [4.78, 5) is 21.0. The predicted molar refractivity (Wildman–Crippen MR) is 101 cm³/mol. The molecule has 3 aliphatic heterocycles. The number of hydrogen-bond donors (Lipinski definition) is 0. The van der Waals surface area contributed by atoms with Crippen molar-refractivity contribution in [3.05, 3.63) is 23.8 Å². The number of ether oxygens (including phenoxy) is 4. The van der Waals surface area contributed by atoms with E-state index in [4.69, 9.17) is 18.9 Å². The molecule has 0 atom stereocenters. The van der Waals surface area contributed by atoms with Crippen molar-refractivity contribution in [3.63, 3.8) is 0 Å². The van der Waals surface area contributed by atoms with Gasteiger partial charge in [-0.05, 0) is 18.6 Å². The van der Waals surface area contributed by atoms with E-state index in [0.29, 0.717) is 37.9 Å². The summed E-state index contributed by atoms with van der Waals surface area (Å²) in [6.45, 7) is 6.69. The fraction of sp³-hybridized carbons (Fsp3) is 0.500. The van der Waals surface area contributed by atoms with Crippen LogP contribution in [0, 0.1) is 0 Å². The second kappa shape index (κ2) is 7.44. The van der Waals surface area contributed by atoms with Gasteiger partial charge in [-0.1, -0.05) is 0 Å². The predicted octanol–water partition coefficient (Wildman–Crippen LogP) is 2.04. The van der Waals surface area contributed by atoms with Gasteiger partial charge in [0.2, 0.25) is 5.88 Å². The third kappa shape index (κ3) is 3.45. The quantitative estimate of drug-likeness (QED) is 0.797. The zero-order valence-electron chi connectivity index (χ0n) is 15.7. The van der Waals surface area contributed by atoms with Gasteiger partial charge < -0.3 is 23.8 Å². The summed E-state index contributed by atoms with van der Waals surface area (Å²) < 4.78 is 22.2. The van der Waals surface area contributed by atoms with Crippen molar-refractivity contribution < 1.29 is 23.7 Å². The van der Waals surface area contributed by atoms with E-state index in [1.165, 1.54) is 0 Å². The molecule has 1 fully saturated rings. The molecule has 148 valence electrons. The van der Waals surface area contributed by atoms with Crippen LogP contribution >= 0.6 is 0 Å². The van der Waals surface area contributed by atoms with Crippen molar-refractivity contribution in [2.75, 3.05) is 52.6 Å². The Kier molecular flexibility index (Phi) is 4.66. The summed E-state index contributed by atoms with van der Waals surface area (Å²) in [5.41, 5.74) is 1.65.